The van der Waals surface area contributed by atoms with Gasteiger partial charge in [0.2, 0.25) is 11.9 Å². The van der Waals surface area contributed by atoms with Crippen LogP contribution in [0.2, 0.25) is 0 Å². The van der Waals surface area contributed by atoms with Gasteiger partial charge in [-0.2, -0.15) is 13.2 Å². The number of aryl methyl sites for hydroxylation is 1. The number of fused-ring (bicyclic) bond motifs is 1. The molecule has 3 N–H and O–H groups in total. The standard InChI is InChI=1S/C14H14F3N5O/c1-7-8-4-2-3-5-9(8)19-12(18-7)22-13-20-10(14(15,16)17)6-11(23)21-13/h2-5,10,13,20H,6H2,1H3,(H,21,23)(H,18,19,22). The monoisotopic (exact) mass is 325 g/mol. The number of nitrogens with one attached hydrogen (secondary N) is 3. The fraction of sp³-hybridized carbons (Fsp3) is 0.357. The quantitative estimate of drug-likeness (QED) is 0.783. The van der Waals surface area contributed by atoms with E-state index in [1.807, 2.05) is 12.1 Å². The predicted molar refractivity (Wildman–Crippen MR) is 77.4 cm³/mol. The summed E-state index contributed by atoms with van der Waals surface area (Å²) in [5.41, 5.74) is 1.35. The van der Waals surface area contributed by atoms with Crippen LogP contribution in [0.4, 0.5) is 19.1 Å². The first-order valence-electron chi connectivity index (χ1n) is 6.95. The molecule has 122 valence electrons. The van der Waals surface area contributed by atoms with Crippen LogP contribution in [-0.4, -0.2) is 34.4 Å². The van der Waals surface area contributed by atoms with Crippen LogP contribution in [0.3, 0.4) is 0 Å². The van der Waals surface area contributed by atoms with E-state index in [1.165, 1.54) is 0 Å². The first kappa shape index (κ1) is 15.5. The molecule has 2 heterocycles. The van der Waals surface area contributed by atoms with Gasteiger partial charge in [-0.15, -0.1) is 0 Å². The van der Waals surface area contributed by atoms with Gasteiger partial charge in [-0.25, -0.2) is 9.97 Å². The Bertz CT molecular complexity index is 749. The topological polar surface area (TPSA) is 78.9 Å². The third-order valence-corrected chi connectivity index (χ3v) is 3.53. The molecule has 1 aromatic carbocycles. The number of aromatic nitrogens is 2. The maximum absolute atomic E-state index is 12.8. The third-order valence-electron chi connectivity index (χ3n) is 3.53. The Kier molecular flexibility index (Phi) is 3.80. The second kappa shape index (κ2) is 5.65. The molecule has 9 heteroatoms. The molecule has 1 amide bonds. The largest absolute Gasteiger partial charge is 0.404 e. The van der Waals surface area contributed by atoms with Gasteiger partial charge in [-0.05, 0) is 13.0 Å². The number of benzene rings is 1. The summed E-state index contributed by atoms with van der Waals surface area (Å²) in [5.74, 6) is -0.553. The summed E-state index contributed by atoms with van der Waals surface area (Å²) >= 11 is 0. The first-order chi connectivity index (χ1) is 10.8. The van der Waals surface area contributed by atoms with Crippen molar-refractivity contribution in [1.29, 1.82) is 0 Å². The Hall–Kier alpha value is -2.42. The fourth-order valence-electron chi connectivity index (χ4n) is 2.42. The molecule has 0 saturated carbocycles. The van der Waals surface area contributed by atoms with Crippen molar-refractivity contribution in [2.24, 2.45) is 0 Å². The van der Waals surface area contributed by atoms with Crippen molar-refractivity contribution in [2.45, 2.75) is 31.9 Å². The van der Waals surface area contributed by atoms with Crippen LogP contribution in [0.15, 0.2) is 24.3 Å². The molecule has 1 aliphatic heterocycles. The van der Waals surface area contributed by atoms with E-state index in [4.69, 9.17) is 0 Å². The Morgan fingerprint density at radius 1 is 1.26 bits per heavy atom. The predicted octanol–water partition coefficient (Wildman–Crippen LogP) is 1.67. The van der Waals surface area contributed by atoms with Crippen LogP contribution in [0, 0.1) is 6.92 Å². The molecule has 1 fully saturated rings. The second-order valence-corrected chi connectivity index (χ2v) is 5.26. The highest BCUT2D eigenvalue weighted by molar-refractivity contribution is 5.82. The highest BCUT2D eigenvalue weighted by atomic mass is 19.4. The van der Waals surface area contributed by atoms with Crippen molar-refractivity contribution in [3.05, 3.63) is 30.0 Å². The number of halogens is 3. The van der Waals surface area contributed by atoms with Gasteiger partial charge in [0.1, 0.15) is 6.04 Å². The lowest BCUT2D eigenvalue weighted by Crippen LogP contribution is -2.63. The molecule has 23 heavy (non-hydrogen) atoms. The molecular weight excluding hydrogens is 311 g/mol. The van der Waals surface area contributed by atoms with E-state index in [-0.39, 0.29) is 5.95 Å². The Morgan fingerprint density at radius 3 is 2.74 bits per heavy atom. The van der Waals surface area contributed by atoms with Gasteiger partial charge in [0.25, 0.3) is 0 Å². The molecule has 1 aromatic heterocycles. The zero-order valence-electron chi connectivity index (χ0n) is 12.1. The van der Waals surface area contributed by atoms with Crippen LogP contribution in [0.25, 0.3) is 10.9 Å². The van der Waals surface area contributed by atoms with Crippen molar-refractivity contribution in [1.82, 2.24) is 20.6 Å². The number of alkyl halides is 3. The highest BCUT2D eigenvalue weighted by Crippen LogP contribution is 2.24. The second-order valence-electron chi connectivity index (χ2n) is 5.26. The number of hydrogen-bond acceptors (Lipinski definition) is 5. The first-order valence-corrected chi connectivity index (χ1v) is 6.95. The minimum absolute atomic E-state index is 0.141. The SMILES string of the molecule is Cc1nc(NC2NC(=O)CC(C(F)(F)F)N2)nc2ccccc12. The minimum atomic E-state index is -4.50. The molecule has 3 rings (SSSR count). The van der Waals surface area contributed by atoms with Crippen LogP contribution < -0.4 is 16.0 Å². The Balaban J connectivity index is 1.82. The lowest BCUT2D eigenvalue weighted by molar-refractivity contribution is -0.168. The minimum Gasteiger partial charge on any atom is -0.323 e. The smallest absolute Gasteiger partial charge is 0.323 e. The van der Waals surface area contributed by atoms with E-state index in [0.29, 0.717) is 11.2 Å². The average Bonchev–Trinajstić information content (AvgIpc) is 2.46. The normalized spacial score (nSPS) is 22.0. The summed E-state index contributed by atoms with van der Waals surface area (Å²) in [7, 11) is 0. The van der Waals surface area contributed by atoms with Crippen molar-refractivity contribution >= 4 is 22.8 Å². The van der Waals surface area contributed by atoms with Gasteiger partial charge < -0.3 is 10.6 Å². The summed E-state index contributed by atoms with van der Waals surface area (Å²) < 4.78 is 38.4. The van der Waals surface area contributed by atoms with Crippen LogP contribution in [0.5, 0.6) is 0 Å². The van der Waals surface area contributed by atoms with E-state index < -0.39 is 30.8 Å². The van der Waals surface area contributed by atoms with Crippen molar-refractivity contribution in [2.75, 3.05) is 5.32 Å². The summed E-state index contributed by atoms with van der Waals surface area (Å²) in [5, 5.41) is 8.22. The maximum atomic E-state index is 12.8. The Labute approximate surface area is 129 Å². The maximum Gasteiger partial charge on any atom is 0.404 e. The molecule has 2 aromatic rings. The summed E-state index contributed by atoms with van der Waals surface area (Å²) in [4.78, 5) is 19.9. The van der Waals surface area contributed by atoms with Crippen LogP contribution >= 0.6 is 0 Å². The molecule has 0 bridgehead atoms. The molecular formula is C14H14F3N5O. The summed E-state index contributed by atoms with van der Waals surface area (Å²) in [6.07, 6.45) is -6.25. The van der Waals surface area contributed by atoms with E-state index in [2.05, 4.69) is 25.9 Å². The average molecular weight is 325 g/mol. The summed E-state index contributed by atoms with van der Waals surface area (Å²) in [6, 6.07) is 5.38. The molecule has 1 aliphatic rings. The van der Waals surface area contributed by atoms with Gasteiger partial charge in [0.15, 0.2) is 6.29 Å². The highest BCUT2D eigenvalue weighted by Gasteiger charge is 2.44. The van der Waals surface area contributed by atoms with Crippen LogP contribution in [-0.2, 0) is 4.79 Å². The number of hydrogen-bond donors (Lipinski definition) is 3. The van der Waals surface area contributed by atoms with E-state index in [0.717, 1.165) is 5.39 Å². The van der Waals surface area contributed by atoms with Gasteiger partial charge in [0, 0.05) is 5.39 Å². The zero-order valence-corrected chi connectivity index (χ0v) is 12.1. The molecule has 0 radical (unpaired) electrons. The lowest BCUT2D eigenvalue weighted by Gasteiger charge is -2.32. The number of rotatable bonds is 2. The zero-order chi connectivity index (χ0) is 16.6. The van der Waals surface area contributed by atoms with Crippen LogP contribution in [0.1, 0.15) is 12.1 Å². The van der Waals surface area contributed by atoms with Crippen molar-refractivity contribution in [3.63, 3.8) is 0 Å². The lowest BCUT2D eigenvalue weighted by atomic mass is 10.1. The molecule has 0 spiro atoms. The van der Waals surface area contributed by atoms with Gasteiger partial charge in [0.05, 0.1) is 17.6 Å². The fourth-order valence-corrected chi connectivity index (χ4v) is 2.42. The Morgan fingerprint density at radius 2 is 2.00 bits per heavy atom. The molecule has 2 atom stereocenters. The number of amides is 1. The molecule has 0 aliphatic carbocycles. The summed E-state index contributed by atoms with van der Waals surface area (Å²) in [6.45, 7) is 1.78. The van der Waals surface area contributed by atoms with E-state index in [1.54, 1.807) is 19.1 Å². The van der Waals surface area contributed by atoms with Gasteiger partial charge in [-0.1, -0.05) is 18.2 Å². The number of carbonyl (C=O) groups is 1. The van der Waals surface area contributed by atoms with Gasteiger partial charge in [-0.3, -0.25) is 10.1 Å². The van der Waals surface area contributed by atoms with Gasteiger partial charge >= 0.3 is 6.18 Å². The van der Waals surface area contributed by atoms with Crippen molar-refractivity contribution < 1.29 is 18.0 Å². The molecule has 2 unspecified atom stereocenters. The molecule has 1 saturated heterocycles. The number of para-hydroxylation sites is 1. The number of anilines is 1. The van der Waals surface area contributed by atoms with Crippen molar-refractivity contribution in [3.8, 4) is 0 Å². The number of carbonyl (C=O) groups excluding carboxylic acids is 1. The number of nitrogens with zero attached hydrogens (tertiary/aromatic N) is 2. The molecule has 6 nitrogen and oxygen atoms in total. The van der Waals surface area contributed by atoms with E-state index in [9.17, 15) is 18.0 Å². The third kappa shape index (κ3) is 3.34. The van der Waals surface area contributed by atoms with E-state index >= 15 is 0 Å².